The molecule has 4 heteroatoms. The third-order valence-corrected chi connectivity index (χ3v) is 5.41. The van der Waals surface area contributed by atoms with Crippen LogP contribution in [0, 0.1) is 5.92 Å². The molecule has 0 radical (unpaired) electrons. The summed E-state index contributed by atoms with van der Waals surface area (Å²) >= 11 is 0. The van der Waals surface area contributed by atoms with Gasteiger partial charge in [-0.2, -0.15) is 0 Å². The zero-order chi connectivity index (χ0) is 15.3. The second kappa shape index (κ2) is 7.59. The van der Waals surface area contributed by atoms with E-state index in [0.717, 1.165) is 44.7 Å². The number of nitrogens with two attached hydrogens (primary N) is 1. The Morgan fingerprint density at radius 2 is 1.90 bits per heavy atom. The number of carbonyl (C=O) groups excluding carboxylic acids is 1. The molecule has 21 heavy (non-hydrogen) atoms. The van der Waals surface area contributed by atoms with Gasteiger partial charge < -0.3 is 15.4 Å². The van der Waals surface area contributed by atoms with Crippen molar-refractivity contribution in [2.45, 2.75) is 76.9 Å². The Morgan fingerprint density at radius 1 is 1.29 bits per heavy atom. The van der Waals surface area contributed by atoms with Crippen molar-refractivity contribution in [1.82, 2.24) is 4.90 Å². The molecule has 1 aliphatic carbocycles. The number of nitrogens with zero attached hydrogens (tertiary/aromatic N) is 1. The average Bonchev–Trinajstić information content (AvgIpc) is 2.55. The number of amides is 1. The van der Waals surface area contributed by atoms with Crippen molar-refractivity contribution in [3.63, 3.8) is 0 Å². The van der Waals surface area contributed by atoms with Gasteiger partial charge in [-0.25, -0.2) is 0 Å². The van der Waals surface area contributed by atoms with Crippen molar-refractivity contribution in [2.24, 2.45) is 11.7 Å². The van der Waals surface area contributed by atoms with Gasteiger partial charge >= 0.3 is 0 Å². The van der Waals surface area contributed by atoms with E-state index in [1.165, 1.54) is 25.7 Å². The third kappa shape index (κ3) is 4.19. The molecule has 1 saturated heterocycles. The van der Waals surface area contributed by atoms with Crippen LogP contribution in [0.5, 0.6) is 0 Å². The Labute approximate surface area is 129 Å². The third-order valence-electron chi connectivity index (χ3n) is 5.41. The predicted octanol–water partition coefficient (Wildman–Crippen LogP) is 2.70. The summed E-state index contributed by atoms with van der Waals surface area (Å²) in [5, 5.41) is 0. The molecule has 2 fully saturated rings. The van der Waals surface area contributed by atoms with Gasteiger partial charge in [0.25, 0.3) is 5.91 Å². The van der Waals surface area contributed by atoms with Crippen LogP contribution < -0.4 is 5.73 Å². The van der Waals surface area contributed by atoms with Crippen LogP contribution in [0.3, 0.4) is 0 Å². The van der Waals surface area contributed by atoms with Gasteiger partial charge in [0, 0.05) is 19.6 Å². The number of rotatable bonds is 5. The van der Waals surface area contributed by atoms with Crippen LogP contribution >= 0.6 is 0 Å². The van der Waals surface area contributed by atoms with Crippen molar-refractivity contribution < 1.29 is 9.53 Å². The minimum absolute atomic E-state index is 0.153. The highest BCUT2D eigenvalue weighted by atomic mass is 16.5. The molecule has 2 rings (SSSR count). The molecule has 1 unspecified atom stereocenters. The lowest BCUT2D eigenvalue weighted by Gasteiger charge is -2.41. The predicted molar refractivity (Wildman–Crippen MR) is 85.0 cm³/mol. The van der Waals surface area contributed by atoms with Crippen LogP contribution in [0.2, 0.25) is 0 Å². The fourth-order valence-corrected chi connectivity index (χ4v) is 3.78. The monoisotopic (exact) mass is 296 g/mol. The van der Waals surface area contributed by atoms with Gasteiger partial charge in [0.15, 0.2) is 0 Å². The van der Waals surface area contributed by atoms with Crippen molar-refractivity contribution in [2.75, 3.05) is 19.6 Å². The summed E-state index contributed by atoms with van der Waals surface area (Å²) in [6.07, 6.45) is 8.73. The SMILES string of the molecule is CCC1CCC(CN)(OC(C)C(=O)N2CCCCC2)CC1. The van der Waals surface area contributed by atoms with E-state index < -0.39 is 0 Å². The van der Waals surface area contributed by atoms with Gasteiger partial charge in [0.05, 0.1) is 5.60 Å². The number of likely N-dealkylation sites (tertiary alicyclic amines) is 1. The molecular weight excluding hydrogens is 264 g/mol. The molecule has 1 amide bonds. The topological polar surface area (TPSA) is 55.6 Å². The van der Waals surface area contributed by atoms with Gasteiger partial charge in [-0.15, -0.1) is 0 Å². The molecule has 122 valence electrons. The largest absolute Gasteiger partial charge is 0.361 e. The van der Waals surface area contributed by atoms with E-state index >= 15 is 0 Å². The Hall–Kier alpha value is -0.610. The van der Waals surface area contributed by atoms with Gasteiger partial charge in [0.1, 0.15) is 6.10 Å². The molecule has 0 aromatic rings. The highest BCUT2D eigenvalue weighted by Gasteiger charge is 2.38. The molecule has 0 spiro atoms. The Morgan fingerprint density at radius 3 is 2.43 bits per heavy atom. The Bertz CT molecular complexity index is 332. The molecule has 0 bridgehead atoms. The molecule has 2 aliphatic rings. The van der Waals surface area contributed by atoms with E-state index in [2.05, 4.69) is 6.92 Å². The number of piperidine rings is 1. The second-order valence-electron chi connectivity index (χ2n) is 6.88. The number of hydrogen-bond donors (Lipinski definition) is 1. The molecule has 2 N–H and O–H groups in total. The lowest BCUT2D eigenvalue weighted by atomic mass is 9.77. The molecule has 0 aromatic carbocycles. The number of ether oxygens (including phenoxy) is 1. The first-order chi connectivity index (χ1) is 10.1. The van der Waals surface area contributed by atoms with Gasteiger partial charge in [-0.05, 0) is 57.8 Å². The Kier molecular flexibility index (Phi) is 6.06. The maximum Gasteiger partial charge on any atom is 0.251 e. The number of hydrogen-bond acceptors (Lipinski definition) is 3. The molecule has 1 aliphatic heterocycles. The summed E-state index contributed by atoms with van der Waals surface area (Å²) in [6, 6.07) is 0. The molecule has 0 aromatic heterocycles. The first-order valence-corrected chi connectivity index (χ1v) is 8.77. The average molecular weight is 296 g/mol. The second-order valence-corrected chi connectivity index (χ2v) is 6.88. The van der Waals surface area contributed by atoms with Crippen LogP contribution in [-0.2, 0) is 9.53 Å². The fraction of sp³-hybridized carbons (Fsp3) is 0.941. The summed E-state index contributed by atoms with van der Waals surface area (Å²) in [7, 11) is 0. The fourth-order valence-electron chi connectivity index (χ4n) is 3.78. The maximum absolute atomic E-state index is 12.5. The van der Waals surface area contributed by atoms with Crippen molar-refractivity contribution in [1.29, 1.82) is 0 Å². The van der Waals surface area contributed by atoms with Gasteiger partial charge in [0.2, 0.25) is 0 Å². The zero-order valence-corrected chi connectivity index (χ0v) is 13.8. The zero-order valence-electron chi connectivity index (χ0n) is 13.8. The molecule has 1 saturated carbocycles. The van der Waals surface area contributed by atoms with Crippen molar-refractivity contribution >= 4 is 5.91 Å². The summed E-state index contributed by atoms with van der Waals surface area (Å²) in [6.45, 7) is 6.46. The lowest BCUT2D eigenvalue weighted by Crippen LogP contribution is -2.50. The maximum atomic E-state index is 12.5. The molecule has 4 nitrogen and oxygen atoms in total. The molecule has 1 heterocycles. The van der Waals surface area contributed by atoms with Crippen molar-refractivity contribution in [3.05, 3.63) is 0 Å². The molecule has 1 atom stereocenters. The van der Waals surface area contributed by atoms with Crippen LogP contribution in [0.15, 0.2) is 0 Å². The smallest absolute Gasteiger partial charge is 0.251 e. The first-order valence-electron chi connectivity index (χ1n) is 8.77. The van der Waals surface area contributed by atoms with Crippen LogP contribution in [-0.4, -0.2) is 42.1 Å². The highest BCUT2D eigenvalue weighted by Crippen LogP contribution is 2.36. The standard InChI is InChI=1S/C17H32N2O2/c1-3-15-7-9-17(13-18,10-8-15)21-14(2)16(20)19-11-5-4-6-12-19/h14-15H,3-13,18H2,1-2H3. The Balaban J connectivity index is 1.90. The van der Waals surface area contributed by atoms with E-state index in [0.29, 0.717) is 6.54 Å². The lowest BCUT2D eigenvalue weighted by molar-refractivity contribution is -0.161. The van der Waals surface area contributed by atoms with Crippen molar-refractivity contribution in [3.8, 4) is 0 Å². The van der Waals surface area contributed by atoms with E-state index in [-0.39, 0.29) is 17.6 Å². The van der Waals surface area contributed by atoms with E-state index in [1.54, 1.807) is 0 Å². The highest BCUT2D eigenvalue weighted by molar-refractivity contribution is 5.80. The summed E-state index contributed by atoms with van der Waals surface area (Å²) in [5.41, 5.74) is 5.73. The van der Waals surface area contributed by atoms with E-state index in [1.807, 2.05) is 11.8 Å². The normalized spacial score (nSPS) is 32.0. The first kappa shape index (κ1) is 16.8. The number of carbonyl (C=O) groups is 1. The van der Waals surface area contributed by atoms with Gasteiger partial charge in [-0.1, -0.05) is 13.3 Å². The minimum atomic E-state index is -0.357. The summed E-state index contributed by atoms with van der Waals surface area (Å²) in [4.78, 5) is 14.5. The van der Waals surface area contributed by atoms with Gasteiger partial charge in [-0.3, -0.25) is 4.79 Å². The summed E-state index contributed by atoms with van der Waals surface area (Å²) < 4.78 is 6.22. The quantitative estimate of drug-likeness (QED) is 0.848. The van der Waals surface area contributed by atoms with Crippen LogP contribution in [0.4, 0.5) is 0 Å². The van der Waals surface area contributed by atoms with Crippen LogP contribution in [0.1, 0.15) is 65.2 Å². The molecular formula is C17H32N2O2. The summed E-state index contributed by atoms with van der Waals surface area (Å²) in [5.74, 6) is 0.960. The van der Waals surface area contributed by atoms with E-state index in [9.17, 15) is 4.79 Å². The minimum Gasteiger partial charge on any atom is -0.361 e. The van der Waals surface area contributed by atoms with Crippen LogP contribution in [0.25, 0.3) is 0 Å². The van der Waals surface area contributed by atoms with E-state index in [4.69, 9.17) is 10.5 Å².